The highest BCUT2D eigenvalue weighted by Crippen LogP contribution is 2.27. The Bertz CT molecular complexity index is 1280. The lowest BCUT2D eigenvalue weighted by Gasteiger charge is -2.34. The van der Waals surface area contributed by atoms with Gasteiger partial charge in [-0.2, -0.15) is 4.31 Å². The van der Waals surface area contributed by atoms with Gasteiger partial charge < -0.3 is 10.2 Å². The van der Waals surface area contributed by atoms with Crippen molar-refractivity contribution in [2.75, 3.05) is 32.7 Å². The molecule has 5 rings (SSSR count). The molecule has 0 atom stereocenters. The number of amides is 1. The number of carbonyl (C=O) groups is 1. The summed E-state index contributed by atoms with van der Waals surface area (Å²) in [7, 11) is -3.61. The fraction of sp³-hybridized carbons (Fsp3) is 0.375. The fourth-order valence-corrected chi connectivity index (χ4v) is 7.33. The van der Waals surface area contributed by atoms with Gasteiger partial charge in [-0.25, -0.2) is 8.42 Å². The number of carbonyl (C=O) groups excluding carboxylic acids is 1. The van der Waals surface area contributed by atoms with E-state index in [0.29, 0.717) is 37.6 Å². The molecular weight excluding hydrogens is 513 g/mol. The normalized spacial score (nSPS) is 16.8. The van der Waals surface area contributed by atoms with Crippen molar-refractivity contribution < 1.29 is 13.2 Å². The van der Waals surface area contributed by atoms with Gasteiger partial charge in [0.1, 0.15) is 0 Å². The van der Waals surface area contributed by atoms with E-state index in [9.17, 15) is 13.2 Å². The van der Waals surface area contributed by atoms with Crippen molar-refractivity contribution in [3.8, 4) is 0 Å². The Kier molecular flexibility index (Phi) is 7.86. The summed E-state index contributed by atoms with van der Waals surface area (Å²) in [6.07, 6.45) is 2.28. The van der Waals surface area contributed by atoms with Crippen molar-refractivity contribution in [2.45, 2.75) is 30.7 Å². The van der Waals surface area contributed by atoms with Gasteiger partial charge in [-0.05, 0) is 59.5 Å². The van der Waals surface area contributed by atoms with E-state index >= 15 is 0 Å². The van der Waals surface area contributed by atoms with Gasteiger partial charge >= 0.3 is 0 Å². The lowest BCUT2D eigenvalue weighted by Crippen LogP contribution is -2.50. The van der Waals surface area contributed by atoms with Crippen LogP contribution in [0.3, 0.4) is 0 Å². The Morgan fingerprint density at radius 1 is 1.03 bits per heavy atom. The molecular formula is C24H27Cl2N3O3S2. The summed E-state index contributed by atoms with van der Waals surface area (Å²) >= 11 is 7.85. The highest BCUT2D eigenvalue weighted by molar-refractivity contribution is 7.89. The molecule has 1 aromatic heterocycles. The molecule has 0 saturated carbocycles. The number of benzene rings is 2. The van der Waals surface area contributed by atoms with Crippen LogP contribution in [0.2, 0.25) is 5.02 Å². The number of nitrogens with one attached hydrogen (secondary N) is 1. The van der Waals surface area contributed by atoms with Gasteiger partial charge in [-0.15, -0.1) is 23.7 Å². The summed E-state index contributed by atoms with van der Waals surface area (Å²) in [5.41, 5.74) is 1.37. The minimum atomic E-state index is -3.61. The Balaban J connectivity index is 0.00000274. The number of rotatable bonds is 5. The van der Waals surface area contributed by atoms with E-state index in [-0.39, 0.29) is 23.2 Å². The number of sulfonamides is 1. The van der Waals surface area contributed by atoms with Crippen molar-refractivity contribution in [1.82, 2.24) is 14.5 Å². The van der Waals surface area contributed by atoms with Crippen LogP contribution in [-0.2, 0) is 34.2 Å². The molecule has 1 N–H and O–H groups in total. The van der Waals surface area contributed by atoms with Gasteiger partial charge in [0, 0.05) is 60.5 Å². The van der Waals surface area contributed by atoms with Gasteiger partial charge in [-0.3, -0.25) is 4.79 Å². The predicted octanol–water partition coefficient (Wildman–Crippen LogP) is 4.09. The minimum Gasteiger partial charge on any atom is -0.340 e. The number of fused-ring (bicyclic) bond motifs is 2. The Morgan fingerprint density at radius 3 is 2.53 bits per heavy atom. The van der Waals surface area contributed by atoms with Crippen LogP contribution < -0.4 is 5.32 Å². The number of thiophene rings is 1. The molecule has 2 aliphatic heterocycles. The molecule has 6 nitrogen and oxygen atoms in total. The molecule has 1 fully saturated rings. The van der Waals surface area contributed by atoms with E-state index in [4.69, 9.17) is 11.6 Å². The smallest absolute Gasteiger partial charge is 0.243 e. The zero-order chi connectivity index (χ0) is 23.0. The molecule has 1 saturated heterocycles. The van der Waals surface area contributed by atoms with E-state index in [1.54, 1.807) is 29.2 Å². The van der Waals surface area contributed by atoms with Crippen LogP contribution in [0, 0.1) is 0 Å². The fourth-order valence-electron chi connectivity index (χ4n) is 4.51. The first-order valence-electron chi connectivity index (χ1n) is 11.2. The van der Waals surface area contributed by atoms with Crippen LogP contribution >= 0.6 is 35.3 Å². The third-order valence-electron chi connectivity index (χ3n) is 6.38. The Hall–Kier alpha value is -1.68. The highest BCUT2D eigenvalue weighted by Gasteiger charge is 2.30. The van der Waals surface area contributed by atoms with Gasteiger partial charge in [0.15, 0.2) is 0 Å². The van der Waals surface area contributed by atoms with E-state index in [2.05, 4.69) is 11.4 Å². The standard InChI is InChI=1S/C24H26ClN3O3S2.ClH/c25-20-3-1-18-15-22(5-2-17(18)13-20)33(30,31)28-11-9-27(10-12-28)24(29)6-4-21-14-19-16-26-8-7-23(19)32-21;/h1-3,5,13-15,26H,4,6-12,16H2;1H. The molecule has 0 bridgehead atoms. The summed E-state index contributed by atoms with van der Waals surface area (Å²) in [5, 5.41) is 5.74. The van der Waals surface area contributed by atoms with Crippen molar-refractivity contribution in [3.63, 3.8) is 0 Å². The van der Waals surface area contributed by atoms with Gasteiger partial charge in [0.25, 0.3) is 0 Å². The molecule has 3 aromatic rings. The molecule has 10 heteroatoms. The maximum atomic E-state index is 13.2. The SMILES string of the molecule is Cl.O=C(CCc1cc2c(s1)CCNC2)N1CCN(S(=O)(=O)c2ccc3cc(Cl)ccc3c2)CC1. The zero-order valence-electron chi connectivity index (χ0n) is 18.6. The van der Waals surface area contributed by atoms with Crippen LogP contribution in [0.15, 0.2) is 47.4 Å². The van der Waals surface area contributed by atoms with Crippen LogP contribution in [0.1, 0.15) is 21.7 Å². The summed E-state index contributed by atoms with van der Waals surface area (Å²) < 4.78 is 27.8. The monoisotopic (exact) mass is 539 g/mol. The molecule has 0 radical (unpaired) electrons. The second-order valence-electron chi connectivity index (χ2n) is 8.53. The largest absolute Gasteiger partial charge is 0.340 e. The van der Waals surface area contributed by atoms with Gasteiger partial charge in [0.05, 0.1) is 4.90 Å². The van der Waals surface area contributed by atoms with Crippen LogP contribution in [0.25, 0.3) is 10.8 Å². The van der Waals surface area contributed by atoms with Crippen molar-refractivity contribution >= 4 is 62.0 Å². The highest BCUT2D eigenvalue weighted by atomic mass is 35.5. The number of nitrogens with zero attached hydrogens (tertiary/aromatic N) is 2. The van der Waals surface area contributed by atoms with E-state index in [1.807, 2.05) is 23.5 Å². The molecule has 2 aliphatic rings. The summed E-state index contributed by atoms with van der Waals surface area (Å²) in [6, 6.07) is 12.7. The summed E-state index contributed by atoms with van der Waals surface area (Å²) in [5.74, 6) is 0.0964. The lowest BCUT2D eigenvalue weighted by atomic mass is 10.1. The maximum absolute atomic E-state index is 13.2. The third-order valence-corrected chi connectivity index (χ3v) is 9.81. The first-order chi connectivity index (χ1) is 15.9. The summed E-state index contributed by atoms with van der Waals surface area (Å²) in [6.45, 7) is 3.41. The number of hydrogen-bond donors (Lipinski definition) is 1. The molecule has 0 spiro atoms. The van der Waals surface area contributed by atoms with E-state index in [1.165, 1.54) is 19.6 Å². The zero-order valence-corrected chi connectivity index (χ0v) is 21.8. The number of halogens is 2. The predicted molar refractivity (Wildman–Crippen MR) is 140 cm³/mol. The topological polar surface area (TPSA) is 69.7 Å². The number of piperazine rings is 1. The average Bonchev–Trinajstić information content (AvgIpc) is 3.25. The molecule has 2 aromatic carbocycles. The summed E-state index contributed by atoms with van der Waals surface area (Å²) in [4.78, 5) is 17.5. The molecule has 34 heavy (non-hydrogen) atoms. The lowest BCUT2D eigenvalue weighted by molar-refractivity contribution is -0.132. The second-order valence-corrected chi connectivity index (χ2v) is 12.1. The molecule has 0 aliphatic carbocycles. The molecule has 1 amide bonds. The number of aryl methyl sites for hydroxylation is 1. The van der Waals surface area contributed by atoms with Crippen LogP contribution in [0.5, 0.6) is 0 Å². The molecule has 182 valence electrons. The third kappa shape index (κ3) is 5.27. The first-order valence-corrected chi connectivity index (χ1v) is 13.8. The van der Waals surface area contributed by atoms with Gasteiger partial charge in [0.2, 0.25) is 15.9 Å². The minimum absolute atomic E-state index is 0. The Labute approximate surface area is 215 Å². The van der Waals surface area contributed by atoms with Crippen molar-refractivity contribution in [2.24, 2.45) is 0 Å². The van der Waals surface area contributed by atoms with Crippen molar-refractivity contribution in [1.29, 1.82) is 0 Å². The number of hydrogen-bond acceptors (Lipinski definition) is 5. The van der Waals surface area contributed by atoms with E-state index in [0.717, 1.165) is 36.7 Å². The average molecular weight is 541 g/mol. The van der Waals surface area contributed by atoms with Crippen molar-refractivity contribution in [3.05, 3.63) is 62.8 Å². The first kappa shape index (κ1) is 25.4. The quantitative estimate of drug-likeness (QED) is 0.530. The second kappa shape index (κ2) is 10.5. The Morgan fingerprint density at radius 2 is 1.76 bits per heavy atom. The van der Waals surface area contributed by atoms with E-state index < -0.39 is 10.0 Å². The molecule has 0 unspecified atom stereocenters. The van der Waals surface area contributed by atoms with Crippen LogP contribution in [-0.4, -0.2) is 56.3 Å². The maximum Gasteiger partial charge on any atom is 0.243 e. The van der Waals surface area contributed by atoms with Crippen LogP contribution in [0.4, 0.5) is 0 Å². The van der Waals surface area contributed by atoms with Gasteiger partial charge in [-0.1, -0.05) is 23.7 Å². The molecule has 3 heterocycles.